The molecule has 1 heterocycles. The van der Waals surface area contributed by atoms with Gasteiger partial charge in [0.05, 0.1) is 0 Å². The van der Waals surface area contributed by atoms with Gasteiger partial charge in [0, 0.05) is 17.8 Å². The molecule has 88 valence electrons. The maximum absolute atomic E-state index is 11.7. The Morgan fingerprint density at radius 1 is 1.47 bits per heavy atom. The molecule has 0 saturated heterocycles. The van der Waals surface area contributed by atoms with Crippen LogP contribution < -0.4 is 11.1 Å². The molecule has 0 aliphatic rings. The van der Waals surface area contributed by atoms with E-state index in [1.165, 1.54) is 12.1 Å². The van der Waals surface area contributed by atoms with Crippen LogP contribution in [0.2, 0.25) is 0 Å². The molecule has 0 fully saturated rings. The molecule has 0 saturated carbocycles. The standard InChI is InChI=1S/C11H12N4O2/c1-6-2-3-7(4-9(6)16)13-11(17)8-5-10(12)15-14-8/h2-5,16H,1H3,(H,13,17)(H3,12,14,15). The topological polar surface area (TPSA) is 104 Å². The van der Waals surface area contributed by atoms with Crippen molar-refractivity contribution in [1.29, 1.82) is 0 Å². The number of hydrogen-bond acceptors (Lipinski definition) is 4. The second kappa shape index (κ2) is 4.17. The number of nitrogen functional groups attached to an aromatic ring is 1. The summed E-state index contributed by atoms with van der Waals surface area (Å²) in [5, 5.41) is 18.3. The first-order chi connectivity index (χ1) is 8.06. The van der Waals surface area contributed by atoms with Gasteiger partial charge in [0.15, 0.2) is 0 Å². The number of phenols is 1. The van der Waals surface area contributed by atoms with Crippen LogP contribution in [0, 0.1) is 6.92 Å². The summed E-state index contributed by atoms with van der Waals surface area (Å²) in [7, 11) is 0. The summed E-state index contributed by atoms with van der Waals surface area (Å²) in [6.07, 6.45) is 0. The van der Waals surface area contributed by atoms with Crippen molar-refractivity contribution in [3.8, 4) is 5.75 Å². The van der Waals surface area contributed by atoms with Gasteiger partial charge in [-0.1, -0.05) is 6.07 Å². The molecule has 2 rings (SSSR count). The molecule has 0 aliphatic heterocycles. The van der Waals surface area contributed by atoms with Gasteiger partial charge in [-0.2, -0.15) is 5.10 Å². The first-order valence-electron chi connectivity index (χ1n) is 4.98. The van der Waals surface area contributed by atoms with Crippen LogP contribution in [-0.2, 0) is 0 Å². The third-order valence-corrected chi connectivity index (χ3v) is 2.31. The second-order valence-electron chi connectivity index (χ2n) is 3.66. The maximum atomic E-state index is 11.7. The lowest BCUT2D eigenvalue weighted by atomic mass is 10.2. The van der Waals surface area contributed by atoms with Gasteiger partial charge in [-0.15, -0.1) is 0 Å². The Kier molecular flexibility index (Phi) is 2.70. The fourth-order valence-electron chi connectivity index (χ4n) is 1.34. The third kappa shape index (κ3) is 2.36. The smallest absolute Gasteiger partial charge is 0.273 e. The lowest BCUT2D eigenvalue weighted by Crippen LogP contribution is -2.12. The Balaban J connectivity index is 2.15. The summed E-state index contributed by atoms with van der Waals surface area (Å²) in [6, 6.07) is 6.33. The minimum atomic E-state index is -0.363. The summed E-state index contributed by atoms with van der Waals surface area (Å²) < 4.78 is 0. The van der Waals surface area contributed by atoms with Gasteiger partial charge in [-0.25, -0.2) is 0 Å². The van der Waals surface area contributed by atoms with E-state index in [-0.39, 0.29) is 23.2 Å². The van der Waals surface area contributed by atoms with E-state index >= 15 is 0 Å². The number of phenolic OH excluding ortho intramolecular Hbond substituents is 1. The number of carbonyl (C=O) groups excluding carboxylic acids is 1. The Hall–Kier alpha value is -2.50. The molecule has 0 aliphatic carbocycles. The molecule has 5 N–H and O–H groups in total. The number of hydrogen-bond donors (Lipinski definition) is 4. The molecule has 0 radical (unpaired) electrons. The normalized spacial score (nSPS) is 10.2. The van der Waals surface area contributed by atoms with Crippen molar-refractivity contribution in [2.75, 3.05) is 11.1 Å². The molecule has 1 aromatic carbocycles. The summed E-state index contributed by atoms with van der Waals surface area (Å²) in [6.45, 7) is 1.77. The van der Waals surface area contributed by atoms with Gasteiger partial charge < -0.3 is 16.2 Å². The second-order valence-corrected chi connectivity index (χ2v) is 3.66. The van der Waals surface area contributed by atoms with Crippen LogP contribution in [0.3, 0.4) is 0 Å². The molecule has 1 aromatic heterocycles. The van der Waals surface area contributed by atoms with Crippen molar-refractivity contribution >= 4 is 17.4 Å². The zero-order chi connectivity index (χ0) is 12.4. The average molecular weight is 232 g/mol. The largest absolute Gasteiger partial charge is 0.508 e. The molecular formula is C11H12N4O2. The average Bonchev–Trinajstić information content (AvgIpc) is 2.70. The summed E-state index contributed by atoms with van der Waals surface area (Å²) in [4.78, 5) is 11.7. The Morgan fingerprint density at radius 3 is 2.82 bits per heavy atom. The van der Waals surface area contributed by atoms with E-state index in [4.69, 9.17) is 5.73 Å². The van der Waals surface area contributed by atoms with Crippen LogP contribution in [0.25, 0.3) is 0 Å². The van der Waals surface area contributed by atoms with Gasteiger partial charge in [0.25, 0.3) is 5.91 Å². The predicted molar refractivity (Wildman–Crippen MR) is 63.8 cm³/mol. The molecule has 0 bridgehead atoms. The number of nitrogens with one attached hydrogen (secondary N) is 2. The zero-order valence-electron chi connectivity index (χ0n) is 9.19. The van der Waals surface area contributed by atoms with Crippen molar-refractivity contribution in [1.82, 2.24) is 10.2 Å². The predicted octanol–water partition coefficient (Wildman–Crippen LogP) is 1.26. The number of aryl methyl sites for hydroxylation is 1. The van der Waals surface area contributed by atoms with Crippen LogP contribution in [0.4, 0.5) is 11.5 Å². The Labute approximate surface area is 97.5 Å². The van der Waals surface area contributed by atoms with Crippen LogP contribution in [0.5, 0.6) is 5.75 Å². The quantitative estimate of drug-likeness (QED) is 0.625. The summed E-state index contributed by atoms with van der Waals surface area (Å²) >= 11 is 0. The summed E-state index contributed by atoms with van der Waals surface area (Å²) in [5.41, 5.74) is 6.91. The molecule has 0 atom stereocenters. The Morgan fingerprint density at radius 2 is 2.24 bits per heavy atom. The van der Waals surface area contributed by atoms with Crippen molar-refractivity contribution in [2.45, 2.75) is 6.92 Å². The molecule has 1 amide bonds. The molecule has 0 spiro atoms. The van der Waals surface area contributed by atoms with E-state index in [0.717, 1.165) is 5.56 Å². The van der Waals surface area contributed by atoms with Crippen molar-refractivity contribution < 1.29 is 9.90 Å². The number of benzene rings is 1. The van der Waals surface area contributed by atoms with Crippen LogP contribution in [-0.4, -0.2) is 21.2 Å². The maximum Gasteiger partial charge on any atom is 0.273 e. The van der Waals surface area contributed by atoms with Crippen molar-refractivity contribution in [3.05, 3.63) is 35.5 Å². The van der Waals surface area contributed by atoms with Crippen molar-refractivity contribution in [3.63, 3.8) is 0 Å². The minimum Gasteiger partial charge on any atom is -0.508 e. The highest BCUT2D eigenvalue weighted by Crippen LogP contribution is 2.21. The number of aromatic nitrogens is 2. The fourth-order valence-corrected chi connectivity index (χ4v) is 1.34. The number of H-pyrrole nitrogens is 1. The van der Waals surface area contributed by atoms with Crippen molar-refractivity contribution in [2.24, 2.45) is 0 Å². The Bertz CT molecular complexity index is 562. The van der Waals surface area contributed by atoms with Crippen LogP contribution in [0.15, 0.2) is 24.3 Å². The number of nitrogens with two attached hydrogens (primary N) is 1. The highest BCUT2D eigenvalue weighted by Gasteiger charge is 2.09. The van der Waals surface area contributed by atoms with Crippen LogP contribution >= 0.6 is 0 Å². The van der Waals surface area contributed by atoms with Crippen LogP contribution in [0.1, 0.15) is 16.1 Å². The van der Waals surface area contributed by atoms with Gasteiger partial charge >= 0.3 is 0 Å². The lowest BCUT2D eigenvalue weighted by Gasteiger charge is -2.05. The molecule has 17 heavy (non-hydrogen) atoms. The summed E-state index contributed by atoms with van der Waals surface area (Å²) in [5.74, 6) is 0.0197. The lowest BCUT2D eigenvalue weighted by molar-refractivity contribution is 0.102. The zero-order valence-corrected chi connectivity index (χ0v) is 9.19. The first kappa shape index (κ1) is 11.0. The number of aromatic amines is 1. The van der Waals surface area contributed by atoms with E-state index in [1.54, 1.807) is 19.1 Å². The van der Waals surface area contributed by atoms with E-state index in [0.29, 0.717) is 5.69 Å². The number of amides is 1. The highest BCUT2D eigenvalue weighted by atomic mass is 16.3. The minimum absolute atomic E-state index is 0.131. The monoisotopic (exact) mass is 232 g/mol. The third-order valence-electron chi connectivity index (χ3n) is 2.31. The first-order valence-corrected chi connectivity index (χ1v) is 4.98. The van der Waals surface area contributed by atoms with E-state index in [2.05, 4.69) is 15.5 Å². The number of rotatable bonds is 2. The fraction of sp³-hybridized carbons (Fsp3) is 0.0909. The highest BCUT2D eigenvalue weighted by molar-refractivity contribution is 6.03. The molecule has 6 heteroatoms. The SMILES string of the molecule is Cc1ccc(NC(=O)c2cc(N)n[nH]2)cc1O. The number of nitrogens with zero attached hydrogens (tertiary/aromatic N) is 1. The van der Waals surface area contributed by atoms with Gasteiger partial charge in [0.1, 0.15) is 17.3 Å². The number of carbonyl (C=O) groups is 1. The molecule has 2 aromatic rings. The molecule has 6 nitrogen and oxygen atoms in total. The van der Waals surface area contributed by atoms with Gasteiger partial charge in [0.2, 0.25) is 0 Å². The molecule has 0 unspecified atom stereocenters. The number of aromatic hydroxyl groups is 1. The van der Waals surface area contributed by atoms with E-state index in [9.17, 15) is 9.90 Å². The van der Waals surface area contributed by atoms with Gasteiger partial charge in [-0.3, -0.25) is 9.89 Å². The number of anilines is 2. The molecular weight excluding hydrogens is 220 g/mol. The van der Waals surface area contributed by atoms with E-state index in [1.807, 2.05) is 0 Å². The van der Waals surface area contributed by atoms with E-state index < -0.39 is 0 Å². The van der Waals surface area contributed by atoms with Gasteiger partial charge in [-0.05, 0) is 18.6 Å².